The number of Topliss-reactive ketones (excluding diaryl/α,β-unsaturated/α-hetero) is 1. The van der Waals surface area contributed by atoms with Gasteiger partial charge in [-0.2, -0.15) is 0 Å². The molecule has 0 radical (unpaired) electrons. The highest BCUT2D eigenvalue weighted by atomic mass is 19.1. The monoisotopic (exact) mass is 182 g/mol. The molecule has 0 aliphatic heterocycles. The van der Waals surface area contributed by atoms with E-state index in [9.17, 15) is 14.3 Å². The molecule has 1 rings (SSSR count). The Kier molecular flexibility index (Phi) is 3.14. The van der Waals surface area contributed by atoms with Crippen LogP contribution in [0.2, 0.25) is 0 Å². The Labute approximate surface area is 76.0 Å². The summed E-state index contributed by atoms with van der Waals surface area (Å²) in [5.41, 5.74) is 0.421. The van der Waals surface area contributed by atoms with Crippen molar-refractivity contribution in [3.8, 4) is 0 Å². The standard InChI is InChI=1S/C10H11FO2/c1-7(12)9(11)10(13)8-5-3-2-4-6-8/h2-6,9-10,13H,1H3/t9-,10+/m1/s1. The summed E-state index contributed by atoms with van der Waals surface area (Å²) in [7, 11) is 0. The summed E-state index contributed by atoms with van der Waals surface area (Å²) in [6, 6.07) is 8.30. The van der Waals surface area contributed by atoms with Crippen LogP contribution in [0.15, 0.2) is 30.3 Å². The van der Waals surface area contributed by atoms with Crippen molar-refractivity contribution in [3.05, 3.63) is 35.9 Å². The van der Waals surface area contributed by atoms with Gasteiger partial charge in [0.05, 0.1) is 0 Å². The molecule has 0 heterocycles. The van der Waals surface area contributed by atoms with Crippen molar-refractivity contribution in [2.75, 3.05) is 0 Å². The molecule has 0 fully saturated rings. The lowest BCUT2D eigenvalue weighted by atomic mass is 10.0. The van der Waals surface area contributed by atoms with Crippen molar-refractivity contribution < 1.29 is 14.3 Å². The number of halogens is 1. The normalized spacial score (nSPS) is 15.0. The van der Waals surface area contributed by atoms with Gasteiger partial charge >= 0.3 is 0 Å². The van der Waals surface area contributed by atoms with E-state index < -0.39 is 18.1 Å². The Balaban J connectivity index is 2.79. The second-order valence-electron chi connectivity index (χ2n) is 2.87. The van der Waals surface area contributed by atoms with Gasteiger partial charge in [-0.1, -0.05) is 30.3 Å². The number of benzene rings is 1. The minimum absolute atomic E-state index is 0.421. The van der Waals surface area contributed by atoms with E-state index >= 15 is 0 Å². The molecule has 13 heavy (non-hydrogen) atoms. The van der Waals surface area contributed by atoms with Gasteiger partial charge in [0.2, 0.25) is 0 Å². The van der Waals surface area contributed by atoms with E-state index in [0.717, 1.165) is 6.92 Å². The maximum Gasteiger partial charge on any atom is 0.188 e. The van der Waals surface area contributed by atoms with Gasteiger partial charge in [0.25, 0.3) is 0 Å². The lowest BCUT2D eigenvalue weighted by Crippen LogP contribution is -2.21. The zero-order chi connectivity index (χ0) is 9.84. The van der Waals surface area contributed by atoms with Crippen LogP contribution in [0.4, 0.5) is 4.39 Å². The van der Waals surface area contributed by atoms with Crippen molar-refractivity contribution in [2.45, 2.75) is 19.2 Å². The quantitative estimate of drug-likeness (QED) is 0.771. The average Bonchev–Trinajstić information content (AvgIpc) is 2.17. The van der Waals surface area contributed by atoms with E-state index in [1.54, 1.807) is 30.3 Å². The van der Waals surface area contributed by atoms with Gasteiger partial charge in [0.15, 0.2) is 12.0 Å². The van der Waals surface area contributed by atoms with Crippen molar-refractivity contribution in [2.24, 2.45) is 0 Å². The molecule has 0 saturated heterocycles. The fourth-order valence-corrected chi connectivity index (χ4v) is 1.04. The van der Waals surface area contributed by atoms with Crippen LogP contribution in [0.1, 0.15) is 18.6 Å². The number of hydrogen-bond donors (Lipinski definition) is 1. The average molecular weight is 182 g/mol. The predicted molar refractivity (Wildman–Crippen MR) is 47.0 cm³/mol. The third-order valence-electron chi connectivity index (χ3n) is 1.81. The second-order valence-corrected chi connectivity index (χ2v) is 2.87. The van der Waals surface area contributed by atoms with E-state index in [2.05, 4.69) is 0 Å². The van der Waals surface area contributed by atoms with E-state index in [0.29, 0.717) is 5.56 Å². The number of carbonyl (C=O) groups excluding carboxylic acids is 1. The topological polar surface area (TPSA) is 37.3 Å². The van der Waals surface area contributed by atoms with Crippen LogP contribution in [0.25, 0.3) is 0 Å². The molecule has 0 aromatic heterocycles. The van der Waals surface area contributed by atoms with Gasteiger partial charge < -0.3 is 5.11 Å². The smallest absolute Gasteiger partial charge is 0.188 e. The van der Waals surface area contributed by atoms with Crippen molar-refractivity contribution in [1.82, 2.24) is 0 Å². The number of rotatable bonds is 3. The molecule has 0 aliphatic rings. The number of aliphatic hydroxyl groups excluding tert-OH is 1. The van der Waals surface area contributed by atoms with Crippen LogP contribution >= 0.6 is 0 Å². The first-order valence-electron chi connectivity index (χ1n) is 4.00. The number of alkyl halides is 1. The van der Waals surface area contributed by atoms with Gasteiger partial charge in [0.1, 0.15) is 6.10 Å². The summed E-state index contributed by atoms with van der Waals surface area (Å²) >= 11 is 0. The van der Waals surface area contributed by atoms with E-state index in [1.807, 2.05) is 0 Å². The predicted octanol–water partition coefficient (Wildman–Crippen LogP) is 1.65. The largest absolute Gasteiger partial charge is 0.385 e. The molecule has 0 spiro atoms. The molecule has 0 amide bonds. The maximum atomic E-state index is 13.0. The van der Waals surface area contributed by atoms with Crippen LogP contribution < -0.4 is 0 Å². The number of ketones is 1. The molecular weight excluding hydrogens is 171 g/mol. The first-order chi connectivity index (χ1) is 6.13. The van der Waals surface area contributed by atoms with Crippen LogP contribution in [0.3, 0.4) is 0 Å². The number of hydrogen-bond acceptors (Lipinski definition) is 2. The van der Waals surface area contributed by atoms with Crippen LogP contribution in [0.5, 0.6) is 0 Å². The van der Waals surface area contributed by atoms with E-state index in [-0.39, 0.29) is 0 Å². The molecule has 70 valence electrons. The summed E-state index contributed by atoms with van der Waals surface area (Å²) in [5.74, 6) is -0.656. The number of aliphatic hydroxyl groups is 1. The minimum Gasteiger partial charge on any atom is -0.385 e. The summed E-state index contributed by atoms with van der Waals surface area (Å²) < 4.78 is 13.0. The fourth-order valence-electron chi connectivity index (χ4n) is 1.04. The van der Waals surface area contributed by atoms with Gasteiger partial charge in [-0.15, -0.1) is 0 Å². The molecule has 1 aromatic rings. The Morgan fingerprint density at radius 3 is 2.38 bits per heavy atom. The maximum absolute atomic E-state index is 13.0. The number of carbonyl (C=O) groups is 1. The molecule has 2 atom stereocenters. The van der Waals surface area contributed by atoms with Gasteiger partial charge in [-0.25, -0.2) is 4.39 Å². The Morgan fingerprint density at radius 2 is 1.92 bits per heavy atom. The van der Waals surface area contributed by atoms with E-state index in [1.165, 1.54) is 0 Å². The summed E-state index contributed by atoms with van der Waals surface area (Å²) in [6.07, 6.45) is -3.18. The Morgan fingerprint density at radius 1 is 1.38 bits per heavy atom. The SMILES string of the molecule is CC(=O)[C@@H](F)[C@@H](O)c1ccccc1. The van der Waals surface area contributed by atoms with Crippen molar-refractivity contribution >= 4 is 5.78 Å². The molecule has 0 aliphatic carbocycles. The summed E-state index contributed by atoms with van der Waals surface area (Å²) in [5, 5.41) is 9.36. The molecule has 0 saturated carbocycles. The molecule has 0 bridgehead atoms. The first-order valence-corrected chi connectivity index (χ1v) is 4.00. The van der Waals surface area contributed by atoms with Gasteiger partial charge in [-0.3, -0.25) is 4.79 Å². The lowest BCUT2D eigenvalue weighted by molar-refractivity contribution is -0.125. The highest BCUT2D eigenvalue weighted by molar-refractivity contribution is 5.81. The zero-order valence-electron chi connectivity index (χ0n) is 7.27. The van der Waals surface area contributed by atoms with Gasteiger partial charge in [0, 0.05) is 0 Å². The summed E-state index contributed by atoms with van der Waals surface area (Å²) in [6.45, 7) is 1.12. The molecule has 1 N–H and O–H groups in total. The minimum atomic E-state index is -1.83. The Hall–Kier alpha value is -1.22. The van der Waals surface area contributed by atoms with Crippen molar-refractivity contribution in [1.29, 1.82) is 0 Å². The highest BCUT2D eigenvalue weighted by Gasteiger charge is 2.23. The molecule has 2 nitrogen and oxygen atoms in total. The van der Waals surface area contributed by atoms with Crippen LogP contribution in [-0.4, -0.2) is 17.1 Å². The highest BCUT2D eigenvalue weighted by Crippen LogP contribution is 2.19. The van der Waals surface area contributed by atoms with Crippen LogP contribution in [-0.2, 0) is 4.79 Å². The lowest BCUT2D eigenvalue weighted by Gasteiger charge is -2.12. The third-order valence-corrected chi connectivity index (χ3v) is 1.81. The molecule has 0 unspecified atom stereocenters. The third kappa shape index (κ3) is 2.36. The van der Waals surface area contributed by atoms with E-state index in [4.69, 9.17) is 0 Å². The fraction of sp³-hybridized carbons (Fsp3) is 0.300. The Bertz CT molecular complexity index is 284. The van der Waals surface area contributed by atoms with Crippen molar-refractivity contribution in [3.63, 3.8) is 0 Å². The molecule has 1 aromatic carbocycles. The first kappa shape index (κ1) is 9.86. The molecule has 3 heteroatoms. The summed E-state index contributed by atoms with van der Waals surface area (Å²) in [4.78, 5) is 10.6. The van der Waals surface area contributed by atoms with Gasteiger partial charge in [-0.05, 0) is 12.5 Å². The van der Waals surface area contributed by atoms with Crippen LogP contribution in [0, 0.1) is 0 Å². The molecular formula is C10H11FO2. The zero-order valence-corrected chi connectivity index (χ0v) is 7.27. The second kappa shape index (κ2) is 4.14.